The van der Waals surface area contributed by atoms with Crippen molar-refractivity contribution < 1.29 is 9.16 Å². The van der Waals surface area contributed by atoms with Crippen molar-refractivity contribution in [3.8, 4) is 0 Å². The Hall–Kier alpha value is -1.42. The highest BCUT2D eigenvalue weighted by atomic mass is 28.4. The predicted molar refractivity (Wildman–Crippen MR) is 128 cm³/mol. The van der Waals surface area contributed by atoms with Gasteiger partial charge in [-0.2, -0.15) is 0 Å². The molecule has 0 aliphatic carbocycles. The van der Waals surface area contributed by atoms with E-state index in [9.17, 15) is 0 Å². The molecule has 0 spiro atoms. The smallest absolute Gasteiger partial charge is 0.261 e. The summed E-state index contributed by atoms with van der Waals surface area (Å²) in [5, 5.41) is 2.70. The third-order valence-corrected chi connectivity index (χ3v) is 11.7. The molecule has 2 rings (SSSR count). The zero-order valence-corrected chi connectivity index (χ0v) is 20.7. The lowest BCUT2D eigenvalue weighted by Crippen LogP contribution is -2.67. The summed E-state index contributed by atoms with van der Waals surface area (Å²) in [4.78, 5) is 0. The minimum atomic E-state index is -2.47. The van der Waals surface area contributed by atoms with Crippen molar-refractivity contribution in [1.82, 2.24) is 0 Å². The molecule has 0 saturated heterocycles. The first-order valence-corrected chi connectivity index (χ1v) is 12.8. The van der Waals surface area contributed by atoms with Crippen molar-refractivity contribution in [1.29, 1.82) is 0 Å². The van der Waals surface area contributed by atoms with Crippen LogP contribution in [0.5, 0.6) is 0 Å². The summed E-state index contributed by atoms with van der Waals surface area (Å²) in [7, 11) is -0.666. The standard InChI is InChI=1S/C26H40O2Si/c1-21(26(6,7)27-8)19-20-22(2)28-29(25(3,4)5,23-15-11-9-12-16-23)24-17-13-10-14-18-24/h9-18,21-22H,19-20H2,1-8H3/t21-,22-/m1/s1. The van der Waals surface area contributed by atoms with Crippen LogP contribution < -0.4 is 10.4 Å². The maximum Gasteiger partial charge on any atom is 0.261 e. The zero-order chi connectivity index (χ0) is 21.7. The van der Waals surface area contributed by atoms with Gasteiger partial charge in [-0.1, -0.05) is 88.4 Å². The molecule has 0 unspecified atom stereocenters. The molecule has 2 nitrogen and oxygen atoms in total. The lowest BCUT2D eigenvalue weighted by atomic mass is 9.88. The summed E-state index contributed by atoms with van der Waals surface area (Å²) >= 11 is 0. The molecule has 0 radical (unpaired) electrons. The van der Waals surface area contributed by atoms with Gasteiger partial charge in [-0.15, -0.1) is 0 Å². The summed E-state index contributed by atoms with van der Waals surface area (Å²) < 4.78 is 12.9. The fourth-order valence-corrected chi connectivity index (χ4v) is 8.82. The van der Waals surface area contributed by atoms with Crippen LogP contribution in [-0.2, 0) is 9.16 Å². The zero-order valence-electron chi connectivity index (χ0n) is 19.7. The molecule has 2 atom stereocenters. The Bertz CT molecular complexity index is 695. The van der Waals surface area contributed by atoms with Crippen LogP contribution >= 0.6 is 0 Å². The van der Waals surface area contributed by atoms with E-state index in [1.54, 1.807) is 7.11 Å². The van der Waals surface area contributed by atoms with E-state index in [0.717, 1.165) is 12.8 Å². The molecule has 0 aromatic heterocycles. The van der Waals surface area contributed by atoms with Gasteiger partial charge in [-0.05, 0) is 54.9 Å². The molecule has 2 aromatic rings. The van der Waals surface area contributed by atoms with Gasteiger partial charge in [0.15, 0.2) is 0 Å². The van der Waals surface area contributed by atoms with Gasteiger partial charge >= 0.3 is 0 Å². The quantitative estimate of drug-likeness (QED) is 0.485. The highest BCUT2D eigenvalue weighted by molar-refractivity contribution is 6.99. The van der Waals surface area contributed by atoms with E-state index in [-0.39, 0.29) is 16.7 Å². The average Bonchev–Trinajstić information content (AvgIpc) is 2.70. The Morgan fingerprint density at radius 1 is 0.759 bits per heavy atom. The molecule has 0 aliphatic heterocycles. The van der Waals surface area contributed by atoms with Crippen molar-refractivity contribution >= 4 is 18.7 Å². The fourth-order valence-electron chi connectivity index (χ4n) is 4.09. The van der Waals surface area contributed by atoms with Gasteiger partial charge in [0, 0.05) is 13.2 Å². The van der Waals surface area contributed by atoms with Gasteiger partial charge in [0.2, 0.25) is 0 Å². The van der Waals surface area contributed by atoms with Gasteiger partial charge < -0.3 is 9.16 Å². The van der Waals surface area contributed by atoms with Crippen molar-refractivity contribution in [2.45, 2.75) is 78.1 Å². The second-order valence-corrected chi connectivity index (χ2v) is 14.1. The Kier molecular flexibility index (Phi) is 7.89. The van der Waals surface area contributed by atoms with Gasteiger partial charge in [0.25, 0.3) is 8.32 Å². The summed E-state index contributed by atoms with van der Waals surface area (Å²) in [5.74, 6) is 0.470. The monoisotopic (exact) mass is 412 g/mol. The molecule has 160 valence electrons. The first kappa shape index (κ1) is 23.9. The van der Waals surface area contributed by atoms with Crippen molar-refractivity contribution in [3.05, 3.63) is 60.7 Å². The lowest BCUT2D eigenvalue weighted by molar-refractivity contribution is -0.0273. The fraction of sp³-hybridized carbons (Fsp3) is 0.538. The number of hydrogen-bond acceptors (Lipinski definition) is 2. The predicted octanol–water partition coefficient (Wildman–Crippen LogP) is 5.79. The molecule has 0 aliphatic rings. The van der Waals surface area contributed by atoms with E-state index in [1.807, 2.05) is 0 Å². The van der Waals surface area contributed by atoms with E-state index in [1.165, 1.54) is 10.4 Å². The van der Waals surface area contributed by atoms with E-state index >= 15 is 0 Å². The van der Waals surface area contributed by atoms with Crippen LogP contribution in [0.15, 0.2) is 60.7 Å². The molecule has 3 heteroatoms. The summed E-state index contributed by atoms with van der Waals surface area (Å²) in [6, 6.07) is 21.8. The Labute approximate surface area is 179 Å². The molecule has 2 aromatic carbocycles. The topological polar surface area (TPSA) is 18.5 Å². The highest BCUT2D eigenvalue weighted by Gasteiger charge is 2.50. The Morgan fingerprint density at radius 2 is 1.21 bits per heavy atom. The van der Waals surface area contributed by atoms with Crippen molar-refractivity contribution in [3.63, 3.8) is 0 Å². The molecular formula is C26H40O2Si. The van der Waals surface area contributed by atoms with Crippen LogP contribution in [0.25, 0.3) is 0 Å². The Morgan fingerprint density at radius 3 is 1.59 bits per heavy atom. The lowest BCUT2D eigenvalue weighted by Gasteiger charge is -2.45. The van der Waals surface area contributed by atoms with Gasteiger partial charge in [0.05, 0.1) is 5.60 Å². The number of ether oxygens (including phenoxy) is 1. The molecule has 0 bridgehead atoms. The van der Waals surface area contributed by atoms with E-state index in [2.05, 4.69) is 109 Å². The highest BCUT2D eigenvalue weighted by Crippen LogP contribution is 2.38. The largest absolute Gasteiger partial charge is 0.405 e. The second-order valence-electron chi connectivity index (χ2n) is 9.88. The number of hydrogen-bond donors (Lipinski definition) is 0. The molecule has 0 heterocycles. The van der Waals surface area contributed by atoms with Crippen molar-refractivity contribution in [2.24, 2.45) is 5.92 Å². The molecule has 0 fully saturated rings. The summed E-state index contributed by atoms with van der Waals surface area (Å²) in [6.07, 6.45) is 2.29. The maximum absolute atomic E-state index is 7.17. The van der Waals surface area contributed by atoms with E-state index in [4.69, 9.17) is 9.16 Å². The van der Waals surface area contributed by atoms with Crippen LogP contribution in [-0.4, -0.2) is 27.1 Å². The van der Waals surface area contributed by atoms with Crippen molar-refractivity contribution in [2.75, 3.05) is 7.11 Å². The SMILES string of the molecule is COC(C)(C)[C@H](C)CC[C@@H](C)O[Si](c1ccccc1)(c1ccccc1)C(C)(C)C. The van der Waals surface area contributed by atoms with E-state index in [0.29, 0.717) is 5.92 Å². The van der Waals surface area contributed by atoms with Crippen LogP contribution in [0, 0.1) is 5.92 Å². The van der Waals surface area contributed by atoms with Crippen LogP contribution in [0.4, 0.5) is 0 Å². The molecule has 0 amide bonds. The van der Waals surface area contributed by atoms with Crippen LogP contribution in [0.2, 0.25) is 5.04 Å². The van der Waals surface area contributed by atoms with Crippen LogP contribution in [0.1, 0.15) is 61.3 Å². The third-order valence-electron chi connectivity index (χ3n) is 6.51. The molecule has 0 N–H and O–H groups in total. The first-order valence-electron chi connectivity index (χ1n) is 10.9. The van der Waals surface area contributed by atoms with E-state index < -0.39 is 8.32 Å². The molecule has 29 heavy (non-hydrogen) atoms. The number of methoxy groups -OCH3 is 1. The summed E-state index contributed by atoms with van der Waals surface area (Å²) in [6.45, 7) is 15.9. The summed E-state index contributed by atoms with van der Waals surface area (Å²) in [5.41, 5.74) is -0.114. The third kappa shape index (κ3) is 5.39. The number of benzene rings is 2. The Balaban J connectivity index is 2.38. The van der Waals surface area contributed by atoms with Gasteiger partial charge in [-0.25, -0.2) is 0 Å². The van der Waals surface area contributed by atoms with Gasteiger partial charge in [0.1, 0.15) is 0 Å². The van der Waals surface area contributed by atoms with Gasteiger partial charge in [-0.3, -0.25) is 0 Å². The maximum atomic E-state index is 7.17. The molecular weight excluding hydrogens is 372 g/mol. The second kappa shape index (κ2) is 9.59. The first-order chi connectivity index (χ1) is 13.5. The average molecular weight is 413 g/mol. The number of rotatable bonds is 9. The normalized spacial score (nSPS) is 15.2. The minimum Gasteiger partial charge on any atom is -0.405 e. The molecule has 0 saturated carbocycles. The minimum absolute atomic E-state index is 0.0153. The van der Waals surface area contributed by atoms with Crippen LogP contribution in [0.3, 0.4) is 0 Å².